The van der Waals surface area contributed by atoms with E-state index in [2.05, 4.69) is 33.8 Å². The Bertz CT molecular complexity index is 771. The molecule has 0 bridgehead atoms. The first-order chi connectivity index (χ1) is 15.1. The Balaban J connectivity index is 1.64. The topological polar surface area (TPSA) is 52.6 Å². The molecule has 9 atom stereocenters. The lowest BCUT2D eigenvalue weighted by Crippen LogP contribution is -2.57. The molecule has 0 aromatic rings. The number of carbonyl (C=O) groups excluding carboxylic acids is 2. The number of carbonyl (C=O) groups is 2. The number of allylic oxidation sites excluding steroid dienone is 1. The molecule has 0 aromatic heterocycles. The predicted molar refractivity (Wildman–Crippen MR) is 126 cm³/mol. The third-order valence-electron chi connectivity index (χ3n) is 10.3. The highest BCUT2D eigenvalue weighted by atomic mass is 16.6. The molecule has 0 spiro atoms. The van der Waals surface area contributed by atoms with Gasteiger partial charge in [0.25, 0.3) is 0 Å². The summed E-state index contributed by atoms with van der Waals surface area (Å²) in [4.78, 5) is 23.7. The lowest BCUT2D eigenvalue weighted by atomic mass is 9.46. The molecule has 4 aliphatic rings. The van der Waals surface area contributed by atoms with Crippen LogP contribution in [0.1, 0.15) is 99.3 Å². The van der Waals surface area contributed by atoms with Crippen molar-refractivity contribution >= 4 is 11.9 Å². The Morgan fingerprint density at radius 1 is 1.09 bits per heavy atom. The molecule has 4 aliphatic carbocycles. The Morgan fingerprint density at radius 2 is 1.81 bits per heavy atom. The highest BCUT2D eigenvalue weighted by Crippen LogP contribution is 2.67. The van der Waals surface area contributed by atoms with Gasteiger partial charge in [-0.2, -0.15) is 0 Å². The van der Waals surface area contributed by atoms with Gasteiger partial charge in [0.1, 0.15) is 12.2 Å². The fraction of sp³-hybridized carbons (Fsp3) is 0.857. The Labute approximate surface area is 194 Å². The average molecular weight is 445 g/mol. The maximum absolute atomic E-state index is 12.1. The molecular formula is C28H44O4. The van der Waals surface area contributed by atoms with Crippen molar-refractivity contribution in [3.8, 4) is 0 Å². The number of rotatable bonds is 5. The maximum atomic E-state index is 12.1. The Morgan fingerprint density at radius 3 is 2.47 bits per heavy atom. The molecule has 4 rings (SSSR count). The second-order valence-corrected chi connectivity index (χ2v) is 11.9. The van der Waals surface area contributed by atoms with E-state index in [0.717, 1.165) is 30.6 Å². The van der Waals surface area contributed by atoms with Crippen LogP contribution in [0.5, 0.6) is 0 Å². The number of fused-ring (bicyclic) bond motifs is 5. The quantitative estimate of drug-likeness (QED) is 0.360. The number of esters is 2. The number of ether oxygens (including phenoxy) is 2. The molecule has 0 unspecified atom stereocenters. The van der Waals surface area contributed by atoms with Gasteiger partial charge in [0.2, 0.25) is 0 Å². The highest BCUT2D eigenvalue weighted by Gasteiger charge is 2.62. The molecule has 0 aliphatic heterocycles. The number of hydrogen-bond acceptors (Lipinski definition) is 4. The molecule has 0 aromatic carbocycles. The molecule has 32 heavy (non-hydrogen) atoms. The second kappa shape index (κ2) is 8.80. The molecule has 0 radical (unpaired) electrons. The van der Waals surface area contributed by atoms with Gasteiger partial charge in [0.05, 0.1) is 0 Å². The first-order valence-electron chi connectivity index (χ1n) is 13.1. The van der Waals surface area contributed by atoms with E-state index in [9.17, 15) is 9.59 Å². The minimum Gasteiger partial charge on any atom is -0.462 e. The summed E-state index contributed by atoms with van der Waals surface area (Å²) in [5.41, 5.74) is 1.67. The molecule has 0 N–H and O–H groups in total. The van der Waals surface area contributed by atoms with Crippen LogP contribution in [0.3, 0.4) is 0 Å². The van der Waals surface area contributed by atoms with Gasteiger partial charge in [-0.1, -0.05) is 52.2 Å². The predicted octanol–water partition coefficient (Wildman–Crippen LogP) is 6.47. The first-order valence-corrected chi connectivity index (χ1v) is 13.1. The summed E-state index contributed by atoms with van der Waals surface area (Å²) in [5.74, 6) is 3.16. The Kier molecular flexibility index (Phi) is 6.55. The summed E-state index contributed by atoms with van der Waals surface area (Å²) >= 11 is 0. The van der Waals surface area contributed by atoms with Gasteiger partial charge in [-0.05, 0) is 67.1 Å². The van der Waals surface area contributed by atoms with E-state index in [4.69, 9.17) is 9.47 Å². The zero-order valence-electron chi connectivity index (χ0n) is 21.1. The standard InChI is InChI=1S/C28H44O4/c1-7-8-17(2)23-11-12-24-22-10-9-20-15-21(31-18(3)29)16-26(32-19(4)30)28(20,6)25(22)13-14-27(23,24)5/h9,17,21-26H,7-8,10-16H2,1-6H3/t17-,21-,22+,23-,24+,25+,26+,27-,28+/m1/s1. The molecule has 3 saturated carbocycles. The summed E-state index contributed by atoms with van der Waals surface area (Å²) in [6.07, 6.45) is 12.4. The lowest BCUT2D eigenvalue weighted by Gasteiger charge is -2.60. The van der Waals surface area contributed by atoms with Gasteiger partial charge < -0.3 is 9.47 Å². The largest absolute Gasteiger partial charge is 0.462 e. The fourth-order valence-electron chi connectivity index (χ4n) is 8.99. The minimum absolute atomic E-state index is 0.139. The van der Waals surface area contributed by atoms with E-state index >= 15 is 0 Å². The summed E-state index contributed by atoms with van der Waals surface area (Å²) in [6, 6.07) is 0. The van der Waals surface area contributed by atoms with Crippen LogP contribution in [0.4, 0.5) is 0 Å². The zero-order chi connectivity index (χ0) is 23.3. The van der Waals surface area contributed by atoms with Crippen LogP contribution in [0, 0.1) is 40.4 Å². The van der Waals surface area contributed by atoms with E-state index in [1.807, 2.05) is 0 Å². The Hall–Kier alpha value is -1.32. The van der Waals surface area contributed by atoms with E-state index in [1.54, 1.807) is 0 Å². The maximum Gasteiger partial charge on any atom is 0.302 e. The molecule has 0 heterocycles. The molecule has 3 fully saturated rings. The second-order valence-electron chi connectivity index (χ2n) is 11.9. The van der Waals surface area contributed by atoms with Crippen molar-refractivity contribution in [2.24, 2.45) is 40.4 Å². The minimum atomic E-state index is -0.249. The van der Waals surface area contributed by atoms with E-state index in [-0.39, 0.29) is 29.6 Å². The van der Waals surface area contributed by atoms with Gasteiger partial charge in [-0.15, -0.1) is 0 Å². The van der Waals surface area contributed by atoms with Gasteiger partial charge in [0.15, 0.2) is 0 Å². The van der Waals surface area contributed by atoms with Crippen LogP contribution in [-0.2, 0) is 19.1 Å². The molecule has 180 valence electrons. The van der Waals surface area contributed by atoms with Crippen molar-refractivity contribution in [1.29, 1.82) is 0 Å². The third kappa shape index (κ3) is 3.84. The normalized spacial score (nSPS) is 43.9. The van der Waals surface area contributed by atoms with Crippen molar-refractivity contribution in [2.75, 3.05) is 0 Å². The zero-order valence-corrected chi connectivity index (χ0v) is 21.1. The third-order valence-corrected chi connectivity index (χ3v) is 10.3. The molecule has 0 saturated heterocycles. The van der Waals surface area contributed by atoms with E-state index in [0.29, 0.717) is 23.7 Å². The SMILES string of the molecule is CCC[C@@H](C)[C@H]1CC[C@H]2[C@@H]3CC=C4C[C@@H](OC(C)=O)C[C@H](OC(C)=O)[C@]4(C)[C@H]3CC[C@]12C. The highest BCUT2D eigenvalue weighted by molar-refractivity contribution is 5.67. The van der Waals surface area contributed by atoms with E-state index < -0.39 is 0 Å². The van der Waals surface area contributed by atoms with Crippen LogP contribution in [0.15, 0.2) is 11.6 Å². The lowest BCUT2D eigenvalue weighted by molar-refractivity contribution is -0.172. The summed E-state index contributed by atoms with van der Waals surface area (Å²) in [5, 5.41) is 0. The molecule has 4 nitrogen and oxygen atoms in total. The summed E-state index contributed by atoms with van der Waals surface area (Å²) < 4.78 is 11.6. The van der Waals surface area contributed by atoms with Gasteiger partial charge in [0, 0.05) is 32.1 Å². The fourth-order valence-corrected chi connectivity index (χ4v) is 8.99. The summed E-state index contributed by atoms with van der Waals surface area (Å²) in [6.45, 7) is 12.7. The van der Waals surface area contributed by atoms with Gasteiger partial charge >= 0.3 is 11.9 Å². The van der Waals surface area contributed by atoms with Gasteiger partial charge in [-0.3, -0.25) is 9.59 Å². The van der Waals surface area contributed by atoms with Crippen LogP contribution in [-0.4, -0.2) is 24.1 Å². The van der Waals surface area contributed by atoms with Crippen molar-refractivity contribution in [3.63, 3.8) is 0 Å². The first kappa shape index (κ1) is 23.8. The monoisotopic (exact) mass is 444 g/mol. The average Bonchev–Trinajstić information content (AvgIpc) is 3.05. The van der Waals surface area contributed by atoms with Crippen molar-refractivity contribution in [1.82, 2.24) is 0 Å². The number of hydrogen-bond donors (Lipinski definition) is 0. The van der Waals surface area contributed by atoms with Crippen LogP contribution >= 0.6 is 0 Å². The van der Waals surface area contributed by atoms with Crippen molar-refractivity contribution in [2.45, 2.75) is 112 Å². The molecule has 0 amide bonds. The van der Waals surface area contributed by atoms with Crippen LogP contribution < -0.4 is 0 Å². The van der Waals surface area contributed by atoms with Crippen LogP contribution in [0.25, 0.3) is 0 Å². The summed E-state index contributed by atoms with van der Waals surface area (Å²) in [7, 11) is 0. The van der Waals surface area contributed by atoms with Crippen molar-refractivity contribution in [3.05, 3.63) is 11.6 Å². The van der Waals surface area contributed by atoms with Gasteiger partial charge in [-0.25, -0.2) is 0 Å². The van der Waals surface area contributed by atoms with Crippen LogP contribution in [0.2, 0.25) is 0 Å². The van der Waals surface area contributed by atoms with E-state index in [1.165, 1.54) is 57.9 Å². The smallest absolute Gasteiger partial charge is 0.302 e. The molecular weight excluding hydrogens is 400 g/mol. The molecule has 4 heteroatoms. The van der Waals surface area contributed by atoms with Crippen molar-refractivity contribution < 1.29 is 19.1 Å².